The molecule has 6 aromatic carbocycles. The first-order valence-electron chi connectivity index (χ1n) is 18.0. The summed E-state index contributed by atoms with van der Waals surface area (Å²) in [5.41, 5.74) is 12.0. The second kappa shape index (κ2) is 13.3. The number of rotatable bonds is 6. The van der Waals surface area contributed by atoms with E-state index in [9.17, 15) is 0 Å². The van der Waals surface area contributed by atoms with Gasteiger partial charge in [0.15, 0.2) is 5.82 Å². The van der Waals surface area contributed by atoms with Crippen LogP contribution in [0.5, 0.6) is 0 Å². The van der Waals surface area contributed by atoms with Crippen LogP contribution in [0.3, 0.4) is 0 Å². The van der Waals surface area contributed by atoms with E-state index in [-0.39, 0.29) is 0 Å². The Balaban J connectivity index is 1.15. The molecule has 0 aliphatic carbocycles. The van der Waals surface area contributed by atoms with Crippen LogP contribution in [0.15, 0.2) is 189 Å². The van der Waals surface area contributed by atoms with Crippen molar-refractivity contribution >= 4 is 32.4 Å². The molecule has 0 bridgehead atoms. The highest BCUT2D eigenvalue weighted by molar-refractivity contribution is 6.14. The summed E-state index contributed by atoms with van der Waals surface area (Å²) in [6.45, 7) is 0. The van der Waals surface area contributed by atoms with Gasteiger partial charge in [-0.25, -0.2) is 15.0 Å². The molecule has 0 atom stereocenters. The van der Waals surface area contributed by atoms with E-state index in [1.54, 1.807) is 12.4 Å². The molecule has 4 aromatic heterocycles. The summed E-state index contributed by atoms with van der Waals surface area (Å²) in [4.78, 5) is 24.1. The Morgan fingerprint density at radius 3 is 1.61 bits per heavy atom. The number of nitrogens with zero attached hydrogens (tertiary/aromatic N) is 5. The predicted octanol–water partition coefficient (Wildman–Crippen LogP) is 12.1. The SMILES string of the molecule is c1ccc(-c2cc(-c3cccc(-c4ccc(-c5nc(-c6cccnc6)cc(-c6cccnc6)n5)c5ccccc45)c3)c3c(ccc4ccccc43)n2)cc1. The summed E-state index contributed by atoms with van der Waals surface area (Å²) in [5, 5.41) is 5.74. The minimum absolute atomic E-state index is 0.648. The van der Waals surface area contributed by atoms with Crippen LogP contribution in [-0.2, 0) is 0 Å². The summed E-state index contributed by atoms with van der Waals surface area (Å²) in [5.74, 6) is 0.648. The van der Waals surface area contributed by atoms with Gasteiger partial charge in [-0.05, 0) is 98.4 Å². The molecule has 0 aliphatic rings. The van der Waals surface area contributed by atoms with Gasteiger partial charge in [0, 0.05) is 52.4 Å². The predicted molar refractivity (Wildman–Crippen MR) is 221 cm³/mol. The van der Waals surface area contributed by atoms with Crippen LogP contribution in [-0.4, -0.2) is 24.9 Å². The minimum atomic E-state index is 0.648. The van der Waals surface area contributed by atoms with E-state index in [2.05, 4.69) is 137 Å². The third kappa shape index (κ3) is 5.65. The van der Waals surface area contributed by atoms with Gasteiger partial charge in [-0.3, -0.25) is 9.97 Å². The summed E-state index contributed by atoms with van der Waals surface area (Å²) in [6, 6.07) is 57.3. The van der Waals surface area contributed by atoms with Gasteiger partial charge >= 0.3 is 0 Å². The van der Waals surface area contributed by atoms with Crippen LogP contribution >= 0.6 is 0 Å². The Morgan fingerprint density at radius 1 is 0.333 bits per heavy atom. The van der Waals surface area contributed by atoms with E-state index in [0.29, 0.717) is 5.82 Å². The van der Waals surface area contributed by atoms with Gasteiger partial charge in [0.1, 0.15) is 0 Å². The lowest BCUT2D eigenvalue weighted by Crippen LogP contribution is -1.97. The van der Waals surface area contributed by atoms with Gasteiger partial charge in [0.05, 0.1) is 22.6 Å². The zero-order chi connectivity index (χ0) is 35.8. The lowest BCUT2D eigenvalue weighted by Gasteiger charge is -2.15. The molecule has 0 saturated heterocycles. The fourth-order valence-electron chi connectivity index (χ4n) is 7.48. The van der Waals surface area contributed by atoms with Crippen molar-refractivity contribution in [1.29, 1.82) is 0 Å². The summed E-state index contributed by atoms with van der Waals surface area (Å²) in [7, 11) is 0. The molecule has 10 rings (SSSR count). The molecule has 0 unspecified atom stereocenters. The first-order chi connectivity index (χ1) is 26.8. The maximum Gasteiger partial charge on any atom is 0.161 e. The van der Waals surface area contributed by atoms with Crippen LogP contribution in [0.2, 0.25) is 0 Å². The highest BCUT2D eigenvalue weighted by atomic mass is 14.9. The first kappa shape index (κ1) is 31.4. The van der Waals surface area contributed by atoms with Crippen molar-refractivity contribution in [2.75, 3.05) is 0 Å². The average Bonchev–Trinajstić information content (AvgIpc) is 3.26. The Kier molecular flexibility index (Phi) is 7.73. The van der Waals surface area contributed by atoms with Crippen LogP contribution in [0, 0.1) is 0 Å². The summed E-state index contributed by atoms with van der Waals surface area (Å²) < 4.78 is 0. The van der Waals surface area contributed by atoms with Crippen molar-refractivity contribution in [1.82, 2.24) is 24.9 Å². The van der Waals surface area contributed by atoms with E-state index in [1.165, 1.54) is 10.8 Å². The molecule has 0 saturated carbocycles. The van der Waals surface area contributed by atoms with Gasteiger partial charge < -0.3 is 0 Å². The first-order valence-corrected chi connectivity index (χ1v) is 18.0. The fraction of sp³-hybridized carbons (Fsp3) is 0. The number of fused-ring (bicyclic) bond motifs is 4. The quantitative estimate of drug-likeness (QED) is 0.163. The molecule has 5 heteroatoms. The van der Waals surface area contributed by atoms with E-state index in [4.69, 9.17) is 15.0 Å². The molecular weight excluding hydrogens is 659 g/mol. The van der Waals surface area contributed by atoms with E-state index < -0.39 is 0 Å². The van der Waals surface area contributed by atoms with Crippen LogP contribution < -0.4 is 0 Å². The lowest BCUT2D eigenvalue weighted by atomic mass is 9.90. The molecule has 0 aliphatic heterocycles. The summed E-state index contributed by atoms with van der Waals surface area (Å²) in [6.07, 6.45) is 7.22. The van der Waals surface area contributed by atoms with Gasteiger partial charge in [0.25, 0.3) is 0 Å². The van der Waals surface area contributed by atoms with E-state index in [1.807, 2.05) is 48.8 Å². The van der Waals surface area contributed by atoms with Crippen molar-refractivity contribution in [3.8, 4) is 67.4 Å². The van der Waals surface area contributed by atoms with E-state index in [0.717, 1.165) is 83.3 Å². The fourth-order valence-corrected chi connectivity index (χ4v) is 7.48. The Bertz CT molecular complexity index is 2920. The lowest BCUT2D eigenvalue weighted by molar-refractivity contribution is 1.17. The Hall–Kier alpha value is -7.37. The van der Waals surface area contributed by atoms with Crippen molar-refractivity contribution < 1.29 is 0 Å². The molecule has 0 fully saturated rings. The molecule has 4 heterocycles. The average molecular weight is 690 g/mol. The van der Waals surface area contributed by atoms with E-state index >= 15 is 0 Å². The maximum atomic E-state index is 5.17. The maximum absolute atomic E-state index is 5.17. The van der Waals surface area contributed by atoms with Gasteiger partial charge in [-0.15, -0.1) is 0 Å². The highest BCUT2D eigenvalue weighted by Crippen LogP contribution is 2.40. The van der Waals surface area contributed by atoms with Crippen molar-refractivity contribution in [2.24, 2.45) is 0 Å². The van der Waals surface area contributed by atoms with Gasteiger partial charge in [-0.2, -0.15) is 0 Å². The molecule has 0 spiro atoms. The van der Waals surface area contributed by atoms with Gasteiger partial charge in [-0.1, -0.05) is 109 Å². The standard InChI is InChI=1S/C49H31N5/c1-2-12-33(13-3-1)45-28-43(48-39-18-5-4-11-32(39)21-24-44(48)52-45)35-15-8-14-34(27-35)38-22-23-42(41-20-7-6-19-40(38)41)49-53-46(36-16-9-25-50-30-36)29-47(54-49)37-17-10-26-51-31-37/h1-31H. The zero-order valence-corrected chi connectivity index (χ0v) is 29.1. The second-order valence-electron chi connectivity index (χ2n) is 13.3. The molecule has 0 radical (unpaired) electrons. The van der Waals surface area contributed by atoms with Crippen molar-refractivity contribution in [3.05, 3.63) is 189 Å². The Morgan fingerprint density at radius 2 is 0.907 bits per heavy atom. The van der Waals surface area contributed by atoms with Crippen LogP contribution in [0.25, 0.3) is 99.9 Å². The number of hydrogen-bond donors (Lipinski definition) is 0. The highest BCUT2D eigenvalue weighted by Gasteiger charge is 2.17. The second-order valence-corrected chi connectivity index (χ2v) is 13.3. The summed E-state index contributed by atoms with van der Waals surface area (Å²) >= 11 is 0. The Labute approximate surface area is 312 Å². The normalized spacial score (nSPS) is 11.3. The van der Waals surface area contributed by atoms with Crippen molar-refractivity contribution in [2.45, 2.75) is 0 Å². The third-order valence-corrected chi connectivity index (χ3v) is 10.1. The topological polar surface area (TPSA) is 64.5 Å². The van der Waals surface area contributed by atoms with Crippen LogP contribution in [0.4, 0.5) is 0 Å². The van der Waals surface area contributed by atoms with Crippen molar-refractivity contribution in [3.63, 3.8) is 0 Å². The minimum Gasteiger partial charge on any atom is -0.264 e. The molecule has 5 nitrogen and oxygen atoms in total. The molecular formula is C49H31N5. The molecule has 252 valence electrons. The largest absolute Gasteiger partial charge is 0.264 e. The number of aromatic nitrogens is 5. The van der Waals surface area contributed by atoms with Crippen LogP contribution in [0.1, 0.15) is 0 Å². The van der Waals surface area contributed by atoms with Gasteiger partial charge in [0.2, 0.25) is 0 Å². The third-order valence-electron chi connectivity index (χ3n) is 10.1. The smallest absolute Gasteiger partial charge is 0.161 e. The molecule has 10 aromatic rings. The molecule has 54 heavy (non-hydrogen) atoms. The zero-order valence-electron chi connectivity index (χ0n) is 29.1. The molecule has 0 amide bonds. The monoisotopic (exact) mass is 689 g/mol. The molecule has 0 N–H and O–H groups in total. The number of hydrogen-bond acceptors (Lipinski definition) is 5. The number of pyridine rings is 3. The number of benzene rings is 6.